The van der Waals surface area contributed by atoms with Crippen LogP contribution in [0.5, 0.6) is 0 Å². The van der Waals surface area contributed by atoms with E-state index in [1.807, 2.05) is 0 Å². The number of carbonyl (C=O) groups excluding carboxylic acids is 1. The number of hydrogen-bond donors (Lipinski definition) is 3. The number of rotatable bonds is 6. The molecule has 0 spiro atoms. The monoisotopic (exact) mass is 290 g/mol. The second-order valence-electron chi connectivity index (χ2n) is 3.64. The maximum atomic E-state index is 12.9. The largest absolute Gasteiger partial charge is 0.480 e. The molecule has 0 unspecified atom stereocenters. The number of carboxylic acids is 1. The Morgan fingerprint density at radius 3 is 2.63 bits per heavy atom. The predicted octanol–water partition coefficient (Wildman–Crippen LogP) is 1.05. The van der Waals surface area contributed by atoms with Crippen LogP contribution in [0.2, 0.25) is 0 Å². The number of benzene rings is 1. The van der Waals surface area contributed by atoms with Gasteiger partial charge in [-0.1, -0.05) is 0 Å². The van der Waals surface area contributed by atoms with Crippen molar-refractivity contribution in [2.45, 2.75) is 6.04 Å². The third-order valence-electron chi connectivity index (χ3n) is 2.05. The number of anilines is 1. The van der Waals surface area contributed by atoms with Gasteiger partial charge >= 0.3 is 5.97 Å². The number of hydrogen-bond acceptors (Lipinski definition) is 4. The number of carbonyl (C=O) groups is 2. The van der Waals surface area contributed by atoms with Crippen molar-refractivity contribution in [1.29, 1.82) is 0 Å². The van der Waals surface area contributed by atoms with E-state index in [1.165, 1.54) is 6.07 Å². The molecule has 0 bridgehead atoms. The molecular formula is C11H12F2N2O3S. The van der Waals surface area contributed by atoms with Gasteiger partial charge in [0.15, 0.2) is 11.6 Å². The Morgan fingerprint density at radius 1 is 1.37 bits per heavy atom. The molecule has 0 saturated carbocycles. The number of aliphatic carboxylic acids is 1. The summed E-state index contributed by atoms with van der Waals surface area (Å²) < 4.78 is 25.5. The zero-order valence-electron chi connectivity index (χ0n) is 9.73. The number of amides is 1. The SMILES string of the molecule is N[C@@H](CSCC(=O)Nc1ccc(F)c(F)c1)C(=O)O. The number of carboxylic acid groups (broad SMARTS) is 1. The molecule has 0 heterocycles. The first-order valence-electron chi connectivity index (χ1n) is 5.21. The summed E-state index contributed by atoms with van der Waals surface area (Å²) in [5, 5.41) is 10.9. The summed E-state index contributed by atoms with van der Waals surface area (Å²) in [6.07, 6.45) is 0. The van der Waals surface area contributed by atoms with Gasteiger partial charge in [0.25, 0.3) is 0 Å². The molecule has 0 aliphatic carbocycles. The van der Waals surface area contributed by atoms with Gasteiger partial charge in [0.1, 0.15) is 6.04 Å². The molecular weight excluding hydrogens is 278 g/mol. The fraction of sp³-hybridized carbons (Fsp3) is 0.273. The molecule has 104 valence electrons. The Labute approximate surface area is 112 Å². The van der Waals surface area contributed by atoms with E-state index in [0.29, 0.717) is 0 Å². The summed E-state index contributed by atoms with van der Waals surface area (Å²) in [4.78, 5) is 21.8. The van der Waals surface area contributed by atoms with E-state index in [9.17, 15) is 18.4 Å². The molecule has 0 aliphatic heterocycles. The summed E-state index contributed by atoms with van der Waals surface area (Å²) in [6, 6.07) is 1.95. The predicted molar refractivity (Wildman–Crippen MR) is 67.9 cm³/mol. The van der Waals surface area contributed by atoms with E-state index in [1.54, 1.807) is 0 Å². The Balaban J connectivity index is 2.39. The van der Waals surface area contributed by atoms with Crippen LogP contribution >= 0.6 is 11.8 Å². The van der Waals surface area contributed by atoms with Crippen LogP contribution in [0.3, 0.4) is 0 Å². The lowest BCUT2D eigenvalue weighted by Gasteiger charge is -2.07. The van der Waals surface area contributed by atoms with E-state index in [2.05, 4.69) is 5.32 Å². The van der Waals surface area contributed by atoms with Crippen molar-refractivity contribution in [3.8, 4) is 0 Å². The minimum Gasteiger partial charge on any atom is -0.480 e. The molecule has 1 atom stereocenters. The van der Waals surface area contributed by atoms with E-state index in [4.69, 9.17) is 10.8 Å². The molecule has 1 aromatic rings. The van der Waals surface area contributed by atoms with Crippen molar-refractivity contribution in [3.63, 3.8) is 0 Å². The van der Waals surface area contributed by atoms with E-state index in [-0.39, 0.29) is 17.2 Å². The minimum absolute atomic E-state index is 0.0278. The summed E-state index contributed by atoms with van der Waals surface area (Å²) in [5.41, 5.74) is 5.38. The molecule has 1 aromatic carbocycles. The van der Waals surface area contributed by atoms with Gasteiger partial charge < -0.3 is 16.2 Å². The second-order valence-corrected chi connectivity index (χ2v) is 4.67. The molecule has 5 nitrogen and oxygen atoms in total. The fourth-order valence-electron chi connectivity index (χ4n) is 1.12. The first-order chi connectivity index (χ1) is 8.90. The third-order valence-corrected chi connectivity index (χ3v) is 3.11. The Bertz CT molecular complexity index is 485. The normalized spacial score (nSPS) is 11.9. The van der Waals surface area contributed by atoms with Gasteiger partial charge in [-0.3, -0.25) is 9.59 Å². The Hall–Kier alpha value is -1.67. The zero-order valence-corrected chi connectivity index (χ0v) is 10.5. The molecule has 4 N–H and O–H groups in total. The van der Waals surface area contributed by atoms with Gasteiger partial charge in [0, 0.05) is 17.5 Å². The van der Waals surface area contributed by atoms with Crippen LogP contribution < -0.4 is 11.1 Å². The van der Waals surface area contributed by atoms with Gasteiger partial charge in [-0.05, 0) is 12.1 Å². The van der Waals surface area contributed by atoms with E-state index >= 15 is 0 Å². The lowest BCUT2D eigenvalue weighted by Crippen LogP contribution is -2.33. The summed E-state index contributed by atoms with van der Waals surface area (Å²) in [7, 11) is 0. The lowest BCUT2D eigenvalue weighted by molar-refractivity contribution is -0.137. The summed E-state index contributed by atoms with van der Waals surface area (Å²) >= 11 is 1.04. The maximum absolute atomic E-state index is 12.9. The van der Waals surface area contributed by atoms with Crippen LogP contribution in [0.4, 0.5) is 14.5 Å². The lowest BCUT2D eigenvalue weighted by atomic mass is 10.3. The number of thioether (sulfide) groups is 1. The van der Waals surface area contributed by atoms with Crippen molar-refractivity contribution >= 4 is 29.3 Å². The second kappa shape index (κ2) is 7.05. The van der Waals surface area contributed by atoms with Crippen molar-refractivity contribution in [3.05, 3.63) is 29.8 Å². The van der Waals surface area contributed by atoms with Crippen LogP contribution in [0, 0.1) is 11.6 Å². The average Bonchev–Trinajstić information content (AvgIpc) is 2.33. The topological polar surface area (TPSA) is 92.4 Å². The smallest absolute Gasteiger partial charge is 0.321 e. The van der Waals surface area contributed by atoms with Gasteiger partial charge in [0.2, 0.25) is 5.91 Å². The third kappa shape index (κ3) is 5.23. The highest BCUT2D eigenvalue weighted by Gasteiger charge is 2.12. The highest BCUT2D eigenvalue weighted by molar-refractivity contribution is 8.00. The maximum Gasteiger partial charge on any atom is 0.321 e. The Morgan fingerprint density at radius 2 is 2.05 bits per heavy atom. The highest BCUT2D eigenvalue weighted by atomic mass is 32.2. The van der Waals surface area contributed by atoms with E-state index in [0.717, 1.165) is 23.9 Å². The van der Waals surface area contributed by atoms with Crippen LogP contribution in [0.25, 0.3) is 0 Å². The van der Waals surface area contributed by atoms with E-state index < -0.39 is 29.6 Å². The summed E-state index contributed by atoms with van der Waals surface area (Å²) in [6.45, 7) is 0. The summed E-state index contributed by atoms with van der Waals surface area (Å²) in [5.74, 6) is -3.60. The average molecular weight is 290 g/mol. The number of halogens is 2. The van der Waals surface area contributed by atoms with Gasteiger partial charge in [-0.15, -0.1) is 11.8 Å². The van der Waals surface area contributed by atoms with Gasteiger partial charge in [0.05, 0.1) is 5.75 Å². The molecule has 8 heteroatoms. The first kappa shape index (κ1) is 15.4. The highest BCUT2D eigenvalue weighted by Crippen LogP contribution is 2.13. The minimum atomic E-state index is -1.14. The van der Waals surface area contributed by atoms with Gasteiger partial charge in [-0.2, -0.15) is 0 Å². The van der Waals surface area contributed by atoms with Crippen LogP contribution in [-0.2, 0) is 9.59 Å². The van der Waals surface area contributed by atoms with Crippen LogP contribution in [0.15, 0.2) is 18.2 Å². The molecule has 0 aliphatic rings. The molecule has 1 rings (SSSR count). The molecule has 0 aromatic heterocycles. The van der Waals surface area contributed by atoms with Crippen molar-refractivity contribution in [2.24, 2.45) is 5.73 Å². The molecule has 0 saturated heterocycles. The van der Waals surface area contributed by atoms with Crippen molar-refractivity contribution in [1.82, 2.24) is 0 Å². The molecule has 0 fully saturated rings. The Kier molecular flexibility index (Phi) is 5.71. The quantitative estimate of drug-likeness (QED) is 0.728. The van der Waals surface area contributed by atoms with Crippen molar-refractivity contribution < 1.29 is 23.5 Å². The standard InChI is InChI=1S/C11H12F2N2O3S/c12-7-2-1-6(3-8(7)13)15-10(16)5-19-4-9(14)11(17)18/h1-3,9H,4-5,14H2,(H,15,16)(H,17,18)/t9-/m0/s1. The molecule has 0 radical (unpaired) electrons. The van der Waals surface area contributed by atoms with Crippen molar-refractivity contribution in [2.75, 3.05) is 16.8 Å². The number of nitrogens with one attached hydrogen (secondary N) is 1. The fourth-order valence-corrected chi connectivity index (χ4v) is 1.89. The van der Waals surface area contributed by atoms with Gasteiger partial charge in [-0.25, -0.2) is 8.78 Å². The zero-order chi connectivity index (χ0) is 14.4. The molecule has 19 heavy (non-hydrogen) atoms. The number of nitrogens with two attached hydrogens (primary N) is 1. The first-order valence-corrected chi connectivity index (χ1v) is 6.36. The van der Waals surface area contributed by atoms with Crippen LogP contribution in [-0.4, -0.2) is 34.5 Å². The van der Waals surface area contributed by atoms with Crippen LogP contribution in [0.1, 0.15) is 0 Å². The molecule has 1 amide bonds.